The molecule has 3 nitrogen and oxygen atoms in total. The van der Waals surface area contributed by atoms with Gasteiger partial charge in [-0.1, -0.05) is 36.8 Å². The van der Waals surface area contributed by atoms with Crippen molar-refractivity contribution in [3.63, 3.8) is 0 Å². The molecule has 0 saturated carbocycles. The zero-order chi connectivity index (χ0) is 14.7. The minimum absolute atomic E-state index is 0.526. The highest BCUT2D eigenvalue weighted by molar-refractivity contribution is 5.20. The Morgan fingerprint density at radius 3 is 2.76 bits per heavy atom. The predicted molar refractivity (Wildman–Crippen MR) is 88.5 cm³/mol. The largest absolute Gasteiger partial charge is 0.311 e. The molecule has 116 valence electrons. The lowest BCUT2D eigenvalue weighted by atomic mass is 9.97. The molecule has 3 unspecified atom stereocenters. The van der Waals surface area contributed by atoms with E-state index in [1.54, 1.807) is 0 Å². The van der Waals surface area contributed by atoms with Crippen LogP contribution >= 0.6 is 0 Å². The second-order valence-electron chi connectivity index (χ2n) is 6.82. The number of nitrogens with zero attached hydrogens (tertiary/aromatic N) is 2. The van der Waals surface area contributed by atoms with Crippen molar-refractivity contribution in [1.82, 2.24) is 15.1 Å². The number of likely N-dealkylation sites (N-methyl/N-ethyl adjacent to an activating group) is 1. The molecule has 3 atom stereocenters. The Hall–Kier alpha value is -0.900. The minimum Gasteiger partial charge on any atom is -0.311 e. The molecular weight excluding hydrogens is 258 g/mol. The third-order valence-corrected chi connectivity index (χ3v) is 5.16. The van der Waals surface area contributed by atoms with Crippen molar-refractivity contribution in [1.29, 1.82) is 0 Å². The Morgan fingerprint density at radius 1 is 1.19 bits per heavy atom. The van der Waals surface area contributed by atoms with Crippen molar-refractivity contribution >= 4 is 0 Å². The molecule has 2 aliphatic heterocycles. The molecule has 0 bridgehead atoms. The van der Waals surface area contributed by atoms with Crippen LogP contribution in [0.1, 0.15) is 37.8 Å². The molecule has 21 heavy (non-hydrogen) atoms. The van der Waals surface area contributed by atoms with Crippen molar-refractivity contribution in [2.75, 3.05) is 33.2 Å². The highest BCUT2D eigenvalue weighted by Crippen LogP contribution is 2.26. The van der Waals surface area contributed by atoms with E-state index >= 15 is 0 Å². The maximum absolute atomic E-state index is 3.65. The Bertz CT molecular complexity index is 433. The quantitative estimate of drug-likeness (QED) is 0.921. The number of piperazine rings is 1. The average molecular weight is 287 g/mol. The van der Waals surface area contributed by atoms with Crippen LogP contribution in [0.25, 0.3) is 0 Å². The fourth-order valence-corrected chi connectivity index (χ4v) is 3.84. The second kappa shape index (κ2) is 6.91. The zero-order valence-corrected chi connectivity index (χ0v) is 13.5. The van der Waals surface area contributed by atoms with Gasteiger partial charge in [-0.3, -0.25) is 4.90 Å². The Morgan fingerprint density at radius 2 is 2.00 bits per heavy atom. The zero-order valence-electron chi connectivity index (χ0n) is 13.5. The van der Waals surface area contributed by atoms with E-state index in [0.717, 1.165) is 19.1 Å². The third kappa shape index (κ3) is 3.65. The lowest BCUT2D eigenvalue weighted by Crippen LogP contribution is -2.55. The molecule has 2 heterocycles. The van der Waals surface area contributed by atoms with E-state index < -0.39 is 0 Å². The Balaban J connectivity index is 1.72. The number of likely N-dealkylation sites (tertiary alicyclic amines) is 1. The van der Waals surface area contributed by atoms with Crippen molar-refractivity contribution in [3.8, 4) is 0 Å². The van der Waals surface area contributed by atoms with Crippen LogP contribution in [0.4, 0.5) is 0 Å². The molecule has 1 N–H and O–H groups in total. The van der Waals surface area contributed by atoms with Gasteiger partial charge in [-0.05, 0) is 38.9 Å². The van der Waals surface area contributed by atoms with Gasteiger partial charge >= 0.3 is 0 Å². The van der Waals surface area contributed by atoms with E-state index in [0.29, 0.717) is 12.1 Å². The molecule has 3 rings (SSSR count). The minimum atomic E-state index is 0.526. The van der Waals surface area contributed by atoms with Gasteiger partial charge in [-0.25, -0.2) is 0 Å². The fraction of sp³-hybridized carbons (Fsp3) is 0.667. The molecule has 2 fully saturated rings. The summed E-state index contributed by atoms with van der Waals surface area (Å²) in [5.74, 6) is 0. The monoisotopic (exact) mass is 287 g/mol. The van der Waals surface area contributed by atoms with Crippen LogP contribution in [0.15, 0.2) is 30.3 Å². The summed E-state index contributed by atoms with van der Waals surface area (Å²) in [6.45, 7) is 7.01. The molecule has 0 aliphatic carbocycles. The smallest absolute Gasteiger partial charge is 0.0474 e. The van der Waals surface area contributed by atoms with Gasteiger partial charge in [0.2, 0.25) is 0 Å². The van der Waals surface area contributed by atoms with Crippen LogP contribution in [-0.4, -0.2) is 55.1 Å². The highest BCUT2D eigenvalue weighted by atomic mass is 15.3. The van der Waals surface area contributed by atoms with E-state index in [9.17, 15) is 0 Å². The number of benzene rings is 1. The molecule has 1 aromatic carbocycles. The fourth-order valence-electron chi connectivity index (χ4n) is 3.84. The molecule has 2 aliphatic rings. The normalized spacial score (nSPS) is 32.2. The van der Waals surface area contributed by atoms with E-state index in [2.05, 4.69) is 59.4 Å². The van der Waals surface area contributed by atoms with E-state index in [-0.39, 0.29) is 0 Å². The maximum atomic E-state index is 3.65. The SMILES string of the molecule is CC1CN(CC2CCCCN2C)C(c2ccccc2)CN1. The Kier molecular flexibility index (Phi) is 4.94. The molecule has 0 spiro atoms. The van der Waals surface area contributed by atoms with Crippen LogP contribution in [0.2, 0.25) is 0 Å². The first-order valence-electron chi connectivity index (χ1n) is 8.46. The lowest BCUT2D eigenvalue weighted by molar-refractivity contribution is 0.0751. The summed E-state index contributed by atoms with van der Waals surface area (Å²) < 4.78 is 0. The molecule has 0 amide bonds. The molecule has 0 aromatic heterocycles. The first-order valence-corrected chi connectivity index (χ1v) is 8.46. The van der Waals surface area contributed by atoms with Crippen LogP contribution in [0, 0.1) is 0 Å². The highest BCUT2D eigenvalue weighted by Gasteiger charge is 2.30. The number of hydrogen-bond acceptors (Lipinski definition) is 3. The Labute approximate surface area is 129 Å². The summed E-state index contributed by atoms with van der Waals surface area (Å²) >= 11 is 0. The van der Waals surface area contributed by atoms with Crippen LogP contribution in [0.5, 0.6) is 0 Å². The van der Waals surface area contributed by atoms with Gasteiger partial charge in [-0.15, -0.1) is 0 Å². The van der Waals surface area contributed by atoms with Gasteiger partial charge in [-0.2, -0.15) is 0 Å². The summed E-state index contributed by atoms with van der Waals surface area (Å²) in [4.78, 5) is 5.28. The predicted octanol–water partition coefficient (Wildman–Crippen LogP) is 2.51. The molecule has 3 heteroatoms. The van der Waals surface area contributed by atoms with Gasteiger partial charge in [0.05, 0.1) is 0 Å². The van der Waals surface area contributed by atoms with Crippen molar-refractivity contribution in [2.24, 2.45) is 0 Å². The molecule has 0 radical (unpaired) electrons. The molecular formula is C18H29N3. The number of hydrogen-bond donors (Lipinski definition) is 1. The summed E-state index contributed by atoms with van der Waals surface area (Å²) in [7, 11) is 2.30. The maximum Gasteiger partial charge on any atom is 0.0474 e. The topological polar surface area (TPSA) is 18.5 Å². The van der Waals surface area contributed by atoms with Gasteiger partial charge in [0.1, 0.15) is 0 Å². The standard InChI is InChI=1S/C18H29N3/c1-15-13-21(14-17-10-6-7-11-20(17)2)18(12-19-15)16-8-4-3-5-9-16/h3-5,8-9,15,17-19H,6-7,10-14H2,1-2H3. The van der Waals surface area contributed by atoms with Gasteiger partial charge in [0.25, 0.3) is 0 Å². The lowest BCUT2D eigenvalue weighted by Gasteiger charge is -2.44. The molecule has 1 aromatic rings. The first-order chi connectivity index (χ1) is 10.2. The van der Waals surface area contributed by atoms with Gasteiger partial charge in [0.15, 0.2) is 0 Å². The van der Waals surface area contributed by atoms with Crippen LogP contribution < -0.4 is 5.32 Å². The van der Waals surface area contributed by atoms with E-state index in [1.165, 1.54) is 37.9 Å². The number of nitrogens with one attached hydrogen (secondary N) is 1. The van der Waals surface area contributed by atoms with Crippen molar-refractivity contribution < 1.29 is 0 Å². The molecule has 2 saturated heterocycles. The summed E-state index contributed by atoms with van der Waals surface area (Å²) in [6.07, 6.45) is 4.12. The van der Waals surface area contributed by atoms with E-state index in [4.69, 9.17) is 0 Å². The first kappa shape index (κ1) is 15.0. The van der Waals surface area contributed by atoms with Crippen LogP contribution in [-0.2, 0) is 0 Å². The summed E-state index contributed by atoms with van der Waals surface area (Å²) in [6, 6.07) is 12.9. The van der Waals surface area contributed by atoms with Gasteiger partial charge in [0, 0.05) is 37.8 Å². The van der Waals surface area contributed by atoms with E-state index in [1.807, 2.05) is 0 Å². The average Bonchev–Trinajstić information content (AvgIpc) is 2.51. The summed E-state index contributed by atoms with van der Waals surface area (Å²) in [5.41, 5.74) is 1.45. The van der Waals surface area contributed by atoms with Crippen LogP contribution in [0.3, 0.4) is 0 Å². The second-order valence-corrected chi connectivity index (χ2v) is 6.82. The van der Waals surface area contributed by atoms with Gasteiger partial charge < -0.3 is 10.2 Å². The number of piperidine rings is 1. The number of rotatable bonds is 3. The third-order valence-electron chi connectivity index (χ3n) is 5.16. The summed E-state index contributed by atoms with van der Waals surface area (Å²) in [5, 5.41) is 3.65. The van der Waals surface area contributed by atoms with Crippen molar-refractivity contribution in [2.45, 2.75) is 44.3 Å². The van der Waals surface area contributed by atoms with Crippen molar-refractivity contribution in [3.05, 3.63) is 35.9 Å².